The van der Waals surface area contributed by atoms with E-state index in [0.29, 0.717) is 6.42 Å². The van der Waals surface area contributed by atoms with E-state index in [-0.39, 0.29) is 6.04 Å². The molecular weight excluding hydrogens is 214 g/mol. The topological polar surface area (TPSA) is 40.5 Å². The first kappa shape index (κ1) is 13.7. The minimum atomic E-state index is -0.753. The Morgan fingerprint density at radius 3 is 2.41 bits per heavy atom. The quantitative estimate of drug-likeness (QED) is 0.823. The first-order valence-corrected chi connectivity index (χ1v) is 6.05. The highest BCUT2D eigenvalue weighted by molar-refractivity contribution is 5.74. The molecule has 0 fully saturated rings. The van der Waals surface area contributed by atoms with Gasteiger partial charge in [0, 0.05) is 6.04 Å². The SMILES string of the molecule is CCC(C)N(C)C(Cc1ccccc1)C(=O)O. The molecular formula is C14H21NO2. The monoisotopic (exact) mass is 235 g/mol. The van der Waals surface area contributed by atoms with Crippen molar-refractivity contribution in [1.29, 1.82) is 0 Å². The Hall–Kier alpha value is -1.35. The maximum atomic E-state index is 11.3. The molecule has 94 valence electrons. The van der Waals surface area contributed by atoms with Crippen molar-refractivity contribution in [3.05, 3.63) is 35.9 Å². The molecule has 1 N–H and O–H groups in total. The summed E-state index contributed by atoms with van der Waals surface area (Å²) in [6, 6.07) is 9.60. The minimum Gasteiger partial charge on any atom is -0.480 e. The van der Waals surface area contributed by atoms with E-state index in [4.69, 9.17) is 0 Å². The second-order valence-electron chi connectivity index (χ2n) is 4.47. The fourth-order valence-electron chi connectivity index (χ4n) is 1.84. The summed E-state index contributed by atoms with van der Waals surface area (Å²) in [5.41, 5.74) is 1.06. The van der Waals surface area contributed by atoms with Crippen molar-refractivity contribution < 1.29 is 9.90 Å². The summed E-state index contributed by atoms with van der Waals surface area (Å²) < 4.78 is 0. The number of benzene rings is 1. The molecule has 2 atom stereocenters. The number of aliphatic carboxylic acids is 1. The first-order valence-electron chi connectivity index (χ1n) is 6.05. The standard InChI is InChI=1S/C14H21NO2/c1-4-11(2)15(3)13(14(16)17)10-12-8-6-5-7-9-12/h5-9,11,13H,4,10H2,1-3H3,(H,16,17). The lowest BCUT2D eigenvalue weighted by atomic mass is 10.0. The third-order valence-corrected chi connectivity index (χ3v) is 3.33. The van der Waals surface area contributed by atoms with Crippen molar-refractivity contribution in [3.63, 3.8) is 0 Å². The third-order valence-electron chi connectivity index (χ3n) is 3.33. The molecule has 17 heavy (non-hydrogen) atoms. The van der Waals surface area contributed by atoms with Crippen LogP contribution in [0.5, 0.6) is 0 Å². The van der Waals surface area contributed by atoms with Crippen LogP contribution >= 0.6 is 0 Å². The Bertz CT molecular complexity index is 350. The molecule has 3 heteroatoms. The van der Waals surface area contributed by atoms with Gasteiger partial charge in [-0.15, -0.1) is 0 Å². The fourth-order valence-corrected chi connectivity index (χ4v) is 1.84. The molecule has 0 aromatic heterocycles. The molecule has 3 nitrogen and oxygen atoms in total. The van der Waals surface area contributed by atoms with Crippen LogP contribution in [-0.4, -0.2) is 35.1 Å². The summed E-state index contributed by atoms with van der Waals surface area (Å²) in [5, 5.41) is 9.31. The molecule has 0 bridgehead atoms. The van der Waals surface area contributed by atoms with Crippen LogP contribution in [0.2, 0.25) is 0 Å². The maximum absolute atomic E-state index is 11.3. The van der Waals surface area contributed by atoms with E-state index in [1.165, 1.54) is 0 Å². The van der Waals surface area contributed by atoms with Crippen LogP contribution in [0.15, 0.2) is 30.3 Å². The lowest BCUT2D eigenvalue weighted by Gasteiger charge is -2.29. The van der Waals surface area contributed by atoms with Crippen LogP contribution in [-0.2, 0) is 11.2 Å². The van der Waals surface area contributed by atoms with E-state index in [0.717, 1.165) is 12.0 Å². The summed E-state index contributed by atoms with van der Waals surface area (Å²) in [5.74, 6) is -0.753. The van der Waals surface area contributed by atoms with Crippen molar-refractivity contribution in [2.75, 3.05) is 7.05 Å². The fraction of sp³-hybridized carbons (Fsp3) is 0.500. The Kier molecular flexibility index (Phi) is 5.16. The van der Waals surface area contributed by atoms with Crippen LogP contribution in [0.1, 0.15) is 25.8 Å². The molecule has 0 spiro atoms. The summed E-state index contributed by atoms with van der Waals surface area (Å²) in [6.45, 7) is 4.13. The highest BCUT2D eigenvalue weighted by Gasteiger charge is 2.25. The zero-order valence-electron chi connectivity index (χ0n) is 10.8. The van der Waals surface area contributed by atoms with Gasteiger partial charge in [-0.3, -0.25) is 9.69 Å². The number of rotatable bonds is 6. The Balaban J connectivity index is 2.77. The van der Waals surface area contributed by atoms with Gasteiger partial charge in [-0.1, -0.05) is 37.3 Å². The molecule has 0 aliphatic heterocycles. The van der Waals surface area contributed by atoms with E-state index in [2.05, 4.69) is 13.8 Å². The van der Waals surface area contributed by atoms with Gasteiger partial charge in [0.25, 0.3) is 0 Å². The first-order chi connectivity index (χ1) is 8.06. The second-order valence-corrected chi connectivity index (χ2v) is 4.47. The van der Waals surface area contributed by atoms with Gasteiger partial charge in [-0.25, -0.2) is 0 Å². The van der Waals surface area contributed by atoms with Crippen molar-refractivity contribution >= 4 is 5.97 Å². The van der Waals surface area contributed by atoms with Gasteiger partial charge in [-0.2, -0.15) is 0 Å². The summed E-state index contributed by atoms with van der Waals surface area (Å²) in [4.78, 5) is 13.3. The van der Waals surface area contributed by atoms with E-state index >= 15 is 0 Å². The van der Waals surface area contributed by atoms with Gasteiger partial charge in [0.2, 0.25) is 0 Å². The van der Waals surface area contributed by atoms with Crippen LogP contribution < -0.4 is 0 Å². The number of hydrogen-bond donors (Lipinski definition) is 1. The highest BCUT2D eigenvalue weighted by atomic mass is 16.4. The molecule has 0 amide bonds. The van der Waals surface area contributed by atoms with Gasteiger partial charge in [0.1, 0.15) is 6.04 Å². The molecule has 0 heterocycles. The van der Waals surface area contributed by atoms with Gasteiger partial charge in [0.15, 0.2) is 0 Å². The summed E-state index contributed by atoms with van der Waals surface area (Å²) in [6.07, 6.45) is 1.51. The highest BCUT2D eigenvalue weighted by Crippen LogP contribution is 2.12. The van der Waals surface area contributed by atoms with E-state index < -0.39 is 12.0 Å². The normalized spacial score (nSPS) is 14.6. The van der Waals surface area contributed by atoms with Gasteiger partial charge < -0.3 is 5.11 Å². The van der Waals surface area contributed by atoms with Gasteiger partial charge in [0.05, 0.1) is 0 Å². The van der Waals surface area contributed by atoms with Crippen molar-refractivity contribution in [2.45, 2.75) is 38.8 Å². The molecule has 2 unspecified atom stereocenters. The van der Waals surface area contributed by atoms with Gasteiger partial charge >= 0.3 is 5.97 Å². The second kappa shape index (κ2) is 6.40. The lowest BCUT2D eigenvalue weighted by molar-refractivity contribution is -0.143. The molecule has 1 aromatic carbocycles. The molecule has 0 saturated carbocycles. The Labute approximate surface area is 103 Å². The molecule has 0 aliphatic carbocycles. The maximum Gasteiger partial charge on any atom is 0.321 e. The van der Waals surface area contributed by atoms with Crippen molar-refractivity contribution in [1.82, 2.24) is 4.90 Å². The number of carboxylic acid groups (broad SMARTS) is 1. The average molecular weight is 235 g/mol. The Morgan fingerprint density at radius 1 is 1.35 bits per heavy atom. The molecule has 0 radical (unpaired) electrons. The molecule has 0 saturated heterocycles. The zero-order valence-corrected chi connectivity index (χ0v) is 10.8. The van der Waals surface area contributed by atoms with Crippen LogP contribution in [0, 0.1) is 0 Å². The number of nitrogens with zero attached hydrogens (tertiary/aromatic N) is 1. The average Bonchev–Trinajstić information content (AvgIpc) is 2.35. The molecule has 1 aromatic rings. The summed E-state index contributed by atoms with van der Waals surface area (Å²) >= 11 is 0. The van der Waals surface area contributed by atoms with Crippen molar-refractivity contribution in [3.8, 4) is 0 Å². The predicted octanol–water partition coefficient (Wildman–Crippen LogP) is 2.41. The van der Waals surface area contributed by atoms with E-state index in [9.17, 15) is 9.90 Å². The van der Waals surface area contributed by atoms with E-state index in [1.807, 2.05) is 42.3 Å². The minimum absolute atomic E-state index is 0.278. The Morgan fingerprint density at radius 2 is 1.94 bits per heavy atom. The summed E-state index contributed by atoms with van der Waals surface area (Å²) in [7, 11) is 1.88. The number of hydrogen-bond acceptors (Lipinski definition) is 2. The van der Waals surface area contributed by atoms with Gasteiger partial charge in [-0.05, 0) is 32.4 Å². The van der Waals surface area contributed by atoms with Crippen LogP contribution in [0.3, 0.4) is 0 Å². The number of carboxylic acids is 1. The zero-order chi connectivity index (χ0) is 12.8. The van der Waals surface area contributed by atoms with E-state index in [1.54, 1.807) is 0 Å². The predicted molar refractivity (Wildman–Crippen MR) is 69.1 cm³/mol. The van der Waals surface area contributed by atoms with Crippen molar-refractivity contribution in [2.24, 2.45) is 0 Å². The smallest absolute Gasteiger partial charge is 0.321 e. The van der Waals surface area contributed by atoms with Crippen LogP contribution in [0.4, 0.5) is 0 Å². The molecule has 1 rings (SSSR count). The largest absolute Gasteiger partial charge is 0.480 e. The van der Waals surface area contributed by atoms with Crippen LogP contribution in [0.25, 0.3) is 0 Å². The lowest BCUT2D eigenvalue weighted by Crippen LogP contribution is -2.44. The number of carbonyl (C=O) groups is 1. The molecule has 0 aliphatic rings. The number of likely N-dealkylation sites (N-methyl/N-ethyl adjacent to an activating group) is 1. The third kappa shape index (κ3) is 3.86.